The summed E-state index contributed by atoms with van der Waals surface area (Å²) in [6, 6.07) is 21.8. The first kappa shape index (κ1) is 22.1. The van der Waals surface area contributed by atoms with Crippen LogP contribution in [0.15, 0.2) is 78.5 Å². The predicted octanol–water partition coefficient (Wildman–Crippen LogP) is 5.19. The Morgan fingerprint density at radius 2 is 1.64 bits per heavy atom. The van der Waals surface area contributed by atoms with Gasteiger partial charge in [0.2, 0.25) is 0 Å². The van der Waals surface area contributed by atoms with Gasteiger partial charge in [0, 0.05) is 0 Å². The van der Waals surface area contributed by atoms with Crippen LogP contribution in [0, 0.1) is 6.92 Å². The van der Waals surface area contributed by atoms with Gasteiger partial charge < -0.3 is 14.8 Å². The van der Waals surface area contributed by atoms with Crippen molar-refractivity contribution in [3.8, 4) is 11.5 Å². The van der Waals surface area contributed by atoms with Gasteiger partial charge in [-0.15, -0.1) is 0 Å². The SMILES string of the molecule is CCCOc1ccc(C2=C(Nc3cc(C)ccc3OC)C(=O)N(c3ccccc3)C2=O)cc1. The first-order valence-electron chi connectivity index (χ1n) is 10.9. The van der Waals surface area contributed by atoms with E-state index in [1.807, 2.05) is 50.2 Å². The minimum absolute atomic E-state index is 0.204. The molecular formula is C27H26N2O4. The number of ether oxygens (including phenoxy) is 2. The molecule has 1 heterocycles. The number of anilines is 2. The molecular weight excluding hydrogens is 416 g/mol. The third-order valence-electron chi connectivity index (χ3n) is 5.33. The van der Waals surface area contributed by atoms with E-state index in [1.165, 1.54) is 4.90 Å². The molecule has 0 radical (unpaired) electrons. The third-order valence-corrected chi connectivity index (χ3v) is 5.33. The molecule has 3 aromatic carbocycles. The maximum atomic E-state index is 13.5. The fourth-order valence-electron chi connectivity index (χ4n) is 3.72. The molecule has 1 aliphatic heterocycles. The molecule has 3 aromatic rings. The van der Waals surface area contributed by atoms with Crippen molar-refractivity contribution < 1.29 is 19.1 Å². The zero-order chi connectivity index (χ0) is 23.4. The maximum absolute atomic E-state index is 13.5. The lowest BCUT2D eigenvalue weighted by molar-refractivity contribution is -0.120. The van der Waals surface area contributed by atoms with E-state index < -0.39 is 5.91 Å². The molecule has 0 bridgehead atoms. The number of nitrogens with zero attached hydrogens (tertiary/aromatic N) is 1. The quantitative estimate of drug-likeness (QED) is 0.487. The number of aryl methyl sites for hydroxylation is 1. The van der Waals surface area contributed by atoms with Crippen LogP contribution in [-0.4, -0.2) is 25.5 Å². The minimum atomic E-state index is -0.420. The van der Waals surface area contributed by atoms with Gasteiger partial charge in [0.15, 0.2) is 0 Å². The predicted molar refractivity (Wildman–Crippen MR) is 129 cm³/mol. The number of nitrogens with one attached hydrogen (secondary N) is 1. The highest BCUT2D eigenvalue weighted by Crippen LogP contribution is 2.36. The Kier molecular flexibility index (Phi) is 6.45. The highest BCUT2D eigenvalue weighted by molar-refractivity contribution is 6.46. The average Bonchev–Trinajstić information content (AvgIpc) is 3.08. The molecule has 1 aliphatic rings. The molecule has 2 amide bonds. The lowest BCUT2D eigenvalue weighted by Gasteiger charge is -2.16. The number of rotatable bonds is 8. The van der Waals surface area contributed by atoms with E-state index in [0.717, 1.165) is 12.0 Å². The molecule has 33 heavy (non-hydrogen) atoms. The minimum Gasteiger partial charge on any atom is -0.495 e. The van der Waals surface area contributed by atoms with Crippen LogP contribution in [0.1, 0.15) is 24.5 Å². The van der Waals surface area contributed by atoms with Gasteiger partial charge in [0.1, 0.15) is 17.2 Å². The average molecular weight is 443 g/mol. The normalized spacial score (nSPS) is 13.5. The number of para-hydroxylation sites is 1. The number of benzene rings is 3. The zero-order valence-electron chi connectivity index (χ0n) is 18.9. The van der Waals surface area contributed by atoms with Crippen LogP contribution < -0.4 is 19.7 Å². The fourth-order valence-corrected chi connectivity index (χ4v) is 3.72. The van der Waals surface area contributed by atoms with E-state index in [-0.39, 0.29) is 11.6 Å². The van der Waals surface area contributed by atoms with Crippen molar-refractivity contribution in [2.24, 2.45) is 0 Å². The smallest absolute Gasteiger partial charge is 0.282 e. The van der Waals surface area contributed by atoms with Gasteiger partial charge in [0.25, 0.3) is 11.8 Å². The standard InChI is InChI=1S/C27H26N2O4/c1-4-16-33-21-13-11-19(12-14-21)24-25(28-22-17-18(2)10-15-23(22)32-3)27(31)29(26(24)30)20-8-6-5-7-9-20/h5-15,17,28H,4,16H2,1-3H3. The van der Waals surface area contributed by atoms with Crippen LogP contribution in [0.3, 0.4) is 0 Å². The fraction of sp³-hybridized carbons (Fsp3) is 0.185. The number of hydrogen-bond acceptors (Lipinski definition) is 5. The van der Waals surface area contributed by atoms with Crippen LogP contribution in [0.2, 0.25) is 0 Å². The number of hydrogen-bond donors (Lipinski definition) is 1. The van der Waals surface area contributed by atoms with E-state index in [2.05, 4.69) is 5.32 Å². The number of carbonyl (C=O) groups is 2. The molecule has 4 rings (SSSR count). The molecule has 6 heteroatoms. The van der Waals surface area contributed by atoms with Gasteiger partial charge in [-0.3, -0.25) is 9.59 Å². The summed E-state index contributed by atoms with van der Waals surface area (Å²) in [5.74, 6) is 0.487. The van der Waals surface area contributed by atoms with E-state index in [4.69, 9.17) is 9.47 Å². The zero-order valence-corrected chi connectivity index (χ0v) is 18.9. The first-order chi connectivity index (χ1) is 16.0. The molecule has 0 saturated carbocycles. The lowest BCUT2D eigenvalue weighted by Crippen LogP contribution is -2.32. The van der Waals surface area contributed by atoms with E-state index in [9.17, 15) is 9.59 Å². The van der Waals surface area contributed by atoms with Crippen LogP contribution in [0.5, 0.6) is 11.5 Å². The molecule has 0 aromatic heterocycles. The van der Waals surface area contributed by atoms with Crippen molar-refractivity contribution in [3.63, 3.8) is 0 Å². The van der Waals surface area contributed by atoms with Gasteiger partial charge in [-0.25, -0.2) is 4.90 Å². The Balaban J connectivity index is 1.79. The second-order valence-electron chi connectivity index (χ2n) is 7.73. The van der Waals surface area contributed by atoms with Gasteiger partial charge in [-0.2, -0.15) is 0 Å². The molecule has 0 unspecified atom stereocenters. The van der Waals surface area contributed by atoms with Crippen molar-refractivity contribution in [2.75, 3.05) is 23.9 Å². The molecule has 0 fully saturated rings. The maximum Gasteiger partial charge on any atom is 0.282 e. The summed E-state index contributed by atoms with van der Waals surface area (Å²) in [5, 5.41) is 3.19. The number of imide groups is 1. The van der Waals surface area contributed by atoms with Gasteiger partial charge in [-0.05, 0) is 60.9 Å². The Labute approximate surface area is 193 Å². The van der Waals surface area contributed by atoms with Crippen LogP contribution >= 0.6 is 0 Å². The van der Waals surface area contributed by atoms with Crippen molar-refractivity contribution in [1.29, 1.82) is 0 Å². The molecule has 0 saturated heterocycles. The second-order valence-corrected chi connectivity index (χ2v) is 7.73. The van der Waals surface area contributed by atoms with Crippen molar-refractivity contribution in [1.82, 2.24) is 0 Å². The molecule has 168 valence electrons. The summed E-state index contributed by atoms with van der Waals surface area (Å²) in [4.78, 5) is 28.3. The molecule has 0 spiro atoms. The largest absolute Gasteiger partial charge is 0.495 e. The van der Waals surface area contributed by atoms with Gasteiger partial charge in [0.05, 0.1) is 30.7 Å². The monoisotopic (exact) mass is 442 g/mol. The Morgan fingerprint density at radius 1 is 0.909 bits per heavy atom. The highest BCUT2D eigenvalue weighted by atomic mass is 16.5. The molecule has 0 atom stereocenters. The van der Waals surface area contributed by atoms with Crippen molar-refractivity contribution >= 4 is 28.8 Å². The van der Waals surface area contributed by atoms with E-state index in [1.54, 1.807) is 43.5 Å². The summed E-state index contributed by atoms with van der Waals surface area (Å²) >= 11 is 0. The van der Waals surface area contributed by atoms with Crippen molar-refractivity contribution in [3.05, 3.63) is 89.6 Å². The summed E-state index contributed by atoms with van der Waals surface area (Å²) in [7, 11) is 1.57. The van der Waals surface area contributed by atoms with Crippen LogP contribution in [-0.2, 0) is 9.59 Å². The highest BCUT2D eigenvalue weighted by Gasteiger charge is 2.40. The third kappa shape index (κ3) is 4.46. The summed E-state index contributed by atoms with van der Waals surface area (Å²) in [5.41, 5.74) is 3.26. The summed E-state index contributed by atoms with van der Waals surface area (Å²) in [6.45, 7) is 4.60. The number of amides is 2. The van der Waals surface area contributed by atoms with Crippen LogP contribution in [0.4, 0.5) is 11.4 Å². The Bertz CT molecular complexity index is 1200. The Morgan fingerprint density at radius 3 is 2.30 bits per heavy atom. The molecule has 6 nitrogen and oxygen atoms in total. The number of methoxy groups -OCH3 is 1. The molecule has 0 aliphatic carbocycles. The summed E-state index contributed by atoms with van der Waals surface area (Å²) < 4.78 is 11.1. The first-order valence-corrected chi connectivity index (χ1v) is 10.9. The summed E-state index contributed by atoms with van der Waals surface area (Å²) in [6.07, 6.45) is 0.901. The Hall–Kier alpha value is -4.06. The lowest BCUT2D eigenvalue weighted by atomic mass is 10.0. The van der Waals surface area contributed by atoms with Crippen LogP contribution in [0.25, 0.3) is 5.57 Å². The van der Waals surface area contributed by atoms with E-state index >= 15 is 0 Å². The van der Waals surface area contributed by atoms with Gasteiger partial charge in [-0.1, -0.05) is 43.3 Å². The molecule has 1 N–H and O–H groups in total. The topological polar surface area (TPSA) is 67.9 Å². The van der Waals surface area contributed by atoms with Crippen molar-refractivity contribution in [2.45, 2.75) is 20.3 Å². The number of carbonyl (C=O) groups excluding carboxylic acids is 2. The van der Waals surface area contributed by atoms with E-state index in [0.29, 0.717) is 40.6 Å². The van der Waals surface area contributed by atoms with Gasteiger partial charge >= 0.3 is 0 Å². The second kappa shape index (κ2) is 9.61.